The van der Waals surface area contributed by atoms with Gasteiger partial charge in [0.15, 0.2) is 5.65 Å². The van der Waals surface area contributed by atoms with Crippen molar-refractivity contribution in [3.05, 3.63) is 11.5 Å². The minimum Gasteiger partial charge on any atom is -0.384 e. The predicted molar refractivity (Wildman–Crippen MR) is 46.4 cm³/mol. The van der Waals surface area contributed by atoms with Crippen LogP contribution in [-0.2, 0) is 0 Å². The van der Waals surface area contributed by atoms with Crippen molar-refractivity contribution in [2.24, 2.45) is 0 Å². The van der Waals surface area contributed by atoms with E-state index in [0.717, 1.165) is 22.9 Å². The van der Waals surface area contributed by atoms with Crippen LogP contribution in [0.4, 0.5) is 5.69 Å². The number of hydrogen-bond donors (Lipinski definition) is 2. The van der Waals surface area contributed by atoms with E-state index in [9.17, 15) is 0 Å². The summed E-state index contributed by atoms with van der Waals surface area (Å²) in [6, 6.07) is 0. The first-order valence-corrected chi connectivity index (χ1v) is 3.82. The van der Waals surface area contributed by atoms with Crippen molar-refractivity contribution < 1.29 is 0 Å². The third-order valence-electron chi connectivity index (χ3n) is 1.84. The first-order valence-electron chi connectivity index (χ1n) is 3.82. The molecule has 0 saturated heterocycles. The summed E-state index contributed by atoms with van der Waals surface area (Å²) < 4.78 is 1.68. The number of aromatic amines is 1. The first-order chi connectivity index (χ1) is 5.72. The SMILES string of the molecule is CNc1c(C)[nH]n2nc(C)nc12. The van der Waals surface area contributed by atoms with Crippen molar-refractivity contribution in [3.63, 3.8) is 0 Å². The maximum Gasteiger partial charge on any atom is 0.199 e. The van der Waals surface area contributed by atoms with Gasteiger partial charge in [-0.1, -0.05) is 0 Å². The molecule has 2 rings (SSSR count). The lowest BCUT2D eigenvalue weighted by Gasteiger charge is -1.93. The molecule has 0 unspecified atom stereocenters. The average Bonchev–Trinajstić information content (AvgIpc) is 2.43. The van der Waals surface area contributed by atoms with Crippen LogP contribution in [0, 0.1) is 13.8 Å². The number of nitrogens with zero attached hydrogens (tertiary/aromatic N) is 3. The van der Waals surface area contributed by atoms with Crippen LogP contribution in [0.15, 0.2) is 0 Å². The van der Waals surface area contributed by atoms with Crippen LogP contribution in [0.3, 0.4) is 0 Å². The van der Waals surface area contributed by atoms with Crippen molar-refractivity contribution in [2.75, 3.05) is 12.4 Å². The zero-order chi connectivity index (χ0) is 8.72. The first kappa shape index (κ1) is 7.15. The number of aryl methyl sites for hydroxylation is 2. The fraction of sp³-hybridized carbons (Fsp3) is 0.429. The molecule has 0 fully saturated rings. The Labute approximate surface area is 69.8 Å². The summed E-state index contributed by atoms with van der Waals surface area (Å²) in [6.07, 6.45) is 0. The second kappa shape index (κ2) is 2.23. The summed E-state index contributed by atoms with van der Waals surface area (Å²) in [5.74, 6) is 0.776. The Balaban J connectivity index is 2.78. The minimum atomic E-state index is 0.776. The highest BCUT2D eigenvalue weighted by molar-refractivity contribution is 5.69. The number of rotatable bonds is 1. The van der Waals surface area contributed by atoms with Crippen molar-refractivity contribution in [2.45, 2.75) is 13.8 Å². The van der Waals surface area contributed by atoms with E-state index in [1.165, 1.54) is 0 Å². The van der Waals surface area contributed by atoms with Crippen LogP contribution in [0.5, 0.6) is 0 Å². The molecule has 0 aromatic carbocycles. The van der Waals surface area contributed by atoms with Gasteiger partial charge < -0.3 is 5.32 Å². The van der Waals surface area contributed by atoms with Crippen LogP contribution in [0.2, 0.25) is 0 Å². The van der Waals surface area contributed by atoms with Crippen LogP contribution in [-0.4, -0.2) is 26.9 Å². The lowest BCUT2D eigenvalue weighted by molar-refractivity contribution is 0.793. The van der Waals surface area contributed by atoms with Gasteiger partial charge in [0.25, 0.3) is 0 Å². The fourth-order valence-corrected chi connectivity index (χ4v) is 1.34. The van der Waals surface area contributed by atoms with E-state index in [-0.39, 0.29) is 0 Å². The number of aromatic nitrogens is 4. The monoisotopic (exact) mass is 165 g/mol. The number of H-pyrrole nitrogens is 1. The second-order valence-electron chi connectivity index (χ2n) is 2.76. The van der Waals surface area contributed by atoms with E-state index in [2.05, 4.69) is 20.5 Å². The zero-order valence-electron chi connectivity index (χ0n) is 7.34. The summed E-state index contributed by atoms with van der Waals surface area (Å²) >= 11 is 0. The second-order valence-corrected chi connectivity index (χ2v) is 2.76. The standard InChI is InChI=1S/C7H11N5/c1-4-6(8-3)7-9-5(2)11-12(7)10-4/h8,10H,1-3H3. The molecule has 5 nitrogen and oxygen atoms in total. The molecule has 2 aromatic rings. The topological polar surface area (TPSA) is 58.0 Å². The molecule has 2 heterocycles. The van der Waals surface area contributed by atoms with Gasteiger partial charge in [0.1, 0.15) is 11.5 Å². The predicted octanol–water partition coefficient (Wildman–Crippen LogP) is 0.716. The Kier molecular flexibility index (Phi) is 1.33. The summed E-state index contributed by atoms with van der Waals surface area (Å²) in [7, 11) is 1.88. The minimum absolute atomic E-state index is 0.776. The molecule has 5 heteroatoms. The highest BCUT2D eigenvalue weighted by Gasteiger charge is 2.09. The van der Waals surface area contributed by atoms with E-state index in [4.69, 9.17) is 0 Å². The van der Waals surface area contributed by atoms with E-state index >= 15 is 0 Å². The van der Waals surface area contributed by atoms with Gasteiger partial charge in [-0.15, -0.1) is 5.10 Å². The van der Waals surface area contributed by atoms with Gasteiger partial charge in [0.05, 0.1) is 5.69 Å². The average molecular weight is 165 g/mol. The number of hydrogen-bond acceptors (Lipinski definition) is 3. The van der Waals surface area contributed by atoms with Crippen molar-refractivity contribution in [1.82, 2.24) is 19.8 Å². The van der Waals surface area contributed by atoms with Gasteiger partial charge >= 0.3 is 0 Å². The molecule has 2 aromatic heterocycles. The molecule has 0 bridgehead atoms. The Morgan fingerprint density at radius 3 is 2.83 bits per heavy atom. The van der Waals surface area contributed by atoms with E-state index in [1.807, 2.05) is 20.9 Å². The number of nitrogens with one attached hydrogen (secondary N) is 2. The maximum absolute atomic E-state index is 4.26. The normalized spacial score (nSPS) is 10.9. The third kappa shape index (κ3) is 0.792. The summed E-state index contributed by atoms with van der Waals surface area (Å²) in [4.78, 5) is 4.26. The summed E-state index contributed by atoms with van der Waals surface area (Å²) in [5.41, 5.74) is 2.91. The maximum atomic E-state index is 4.26. The number of anilines is 1. The Hall–Kier alpha value is -1.52. The third-order valence-corrected chi connectivity index (χ3v) is 1.84. The smallest absolute Gasteiger partial charge is 0.199 e. The molecular weight excluding hydrogens is 154 g/mol. The summed E-state index contributed by atoms with van der Waals surface area (Å²) in [6.45, 7) is 3.85. The lowest BCUT2D eigenvalue weighted by atomic mass is 10.4. The summed E-state index contributed by atoms with van der Waals surface area (Å²) in [5, 5.41) is 10.3. The van der Waals surface area contributed by atoms with Crippen LogP contribution < -0.4 is 5.32 Å². The molecule has 2 N–H and O–H groups in total. The van der Waals surface area contributed by atoms with Gasteiger partial charge in [-0.25, -0.2) is 4.98 Å². The lowest BCUT2D eigenvalue weighted by Crippen LogP contribution is -1.89. The number of fused-ring (bicyclic) bond motifs is 1. The highest BCUT2D eigenvalue weighted by atomic mass is 15.5. The van der Waals surface area contributed by atoms with Gasteiger partial charge in [0.2, 0.25) is 0 Å². The van der Waals surface area contributed by atoms with Crippen LogP contribution in [0.25, 0.3) is 5.65 Å². The van der Waals surface area contributed by atoms with Crippen LogP contribution in [0.1, 0.15) is 11.5 Å². The molecule has 0 aliphatic rings. The fourth-order valence-electron chi connectivity index (χ4n) is 1.34. The quantitative estimate of drug-likeness (QED) is 0.654. The van der Waals surface area contributed by atoms with E-state index in [1.54, 1.807) is 4.63 Å². The molecule has 0 atom stereocenters. The van der Waals surface area contributed by atoms with Crippen LogP contribution >= 0.6 is 0 Å². The molecule has 12 heavy (non-hydrogen) atoms. The van der Waals surface area contributed by atoms with Gasteiger partial charge in [-0.2, -0.15) is 4.63 Å². The van der Waals surface area contributed by atoms with Crippen molar-refractivity contribution in [3.8, 4) is 0 Å². The van der Waals surface area contributed by atoms with E-state index < -0.39 is 0 Å². The molecule has 0 spiro atoms. The molecule has 0 saturated carbocycles. The molecule has 0 radical (unpaired) electrons. The molecule has 0 aliphatic carbocycles. The van der Waals surface area contributed by atoms with Gasteiger partial charge in [0, 0.05) is 7.05 Å². The Bertz CT molecular complexity index is 411. The van der Waals surface area contributed by atoms with Gasteiger partial charge in [-0.05, 0) is 13.8 Å². The molecular formula is C7H11N5. The molecule has 0 amide bonds. The zero-order valence-corrected chi connectivity index (χ0v) is 7.34. The molecule has 0 aliphatic heterocycles. The molecule has 64 valence electrons. The van der Waals surface area contributed by atoms with Crippen molar-refractivity contribution in [1.29, 1.82) is 0 Å². The highest BCUT2D eigenvalue weighted by Crippen LogP contribution is 2.17. The van der Waals surface area contributed by atoms with Gasteiger partial charge in [-0.3, -0.25) is 5.10 Å². The van der Waals surface area contributed by atoms with E-state index in [0.29, 0.717) is 0 Å². The Morgan fingerprint density at radius 1 is 1.42 bits per heavy atom. The largest absolute Gasteiger partial charge is 0.384 e. The van der Waals surface area contributed by atoms with Crippen molar-refractivity contribution >= 4 is 11.3 Å². The Morgan fingerprint density at radius 2 is 2.17 bits per heavy atom.